The van der Waals surface area contributed by atoms with Crippen LogP contribution in [0, 0.1) is 0 Å². The molecule has 0 spiro atoms. The van der Waals surface area contributed by atoms with Gasteiger partial charge < -0.3 is 9.47 Å². The molecule has 1 aromatic carbocycles. The van der Waals surface area contributed by atoms with Crippen LogP contribution >= 0.6 is 0 Å². The van der Waals surface area contributed by atoms with Crippen LogP contribution in [0.3, 0.4) is 0 Å². The Bertz CT molecular complexity index is 468. The number of hydrogen-bond acceptors (Lipinski definition) is 5. The second-order valence-electron chi connectivity index (χ2n) is 5.53. The lowest BCUT2D eigenvalue weighted by atomic mass is 10.2. The standard InChI is InChI=1S/C15H22N2O4/c1-15(2,3)21-14(19)16-17(11-13(18)20-4)10-12-8-6-5-7-9-12/h5-9H,10-11H2,1-4H3,(H,16,19). The molecule has 0 aliphatic heterocycles. The second kappa shape index (κ2) is 7.64. The van der Waals surface area contributed by atoms with Gasteiger partial charge in [0.25, 0.3) is 0 Å². The summed E-state index contributed by atoms with van der Waals surface area (Å²) in [4.78, 5) is 23.2. The number of ether oxygens (including phenoxy) is 2. The summed E-state index contributed by atoms with van der Waals surface area (Å²) in [6.45, 7) is 5.62. The lowest BCUT2D eigenvalue weighted by Gasteiger charge is -2.25. The van der Waals surface area contributed by atoms with Crippen LogP contribution in [0.5, 0.6) is 0 Å². The van der Waals surface area contributed by atoms with Crippen molar-refractivity contribution in [3.05, 3.63) is 35.9 Å². The van der Waals surface area contributed by atoms with E-state index in [0.29, 0.717) is 6.54 Å². The molecule has 21 heavy (non-hydrogen) atoms. The summed E-state index contributed by atoms with van der Waals surface area (Å²) in [5, 5.41) is 1.45. The summed E-state index contributed by atoms with van der Waals surface area (Å²) in [7, 11) is 1.30. The van der Waals surface area contributed by atoms with E-state index < -0.39 is 17.7 Å². The van der Waals surface area contributed by atoms with Crippen LogP contribution in [0.1, 0.15) is 26.3 Å². The zero-order chi connectivity index (χ0) is 15.9. The van der Waals surface area contributed by atoms with Crippen molar-refractivity contribution in [2.45, 2.75) is 32.9 Å². The zero-order valence-electron chi connectivity index (χ0n) is 12.9. The molecule has 0 aliphatic rings. The Kier molecular flexibility index (Phi) is 6.17. The minimum atomic E-state index is -0.609. The third-order valence-electron chi connectivity index (χ3n) is 2.41. The Labute approximate surface area is 125 Å². The molecule has 0 unspecified atom stereocenters. The van der Waals surface area contributed by atoms with Gasteiger partial charge in [0, 0.05) is 6.54 Å². The van der Waals surface area contributed by atoms with Gasteiger partial charge in [-0.15, -0.1) is 0 Å². The summed E-state index contributed by atoms with van der Waals surface area (Å²) >= 11 is 0. The van der Waals surface area contributed by atoms with Gasteiger partial charge in [0.15, 0.2) is 0 Å². The van der Waals surface area contributed by atoms with Gasteiger partial charge in [-0.1, -0.05) is 30.3 Å². The lowest BCUT2D eigenvalue weighted by molar-refractivity contribution is -0.142. The Morgan fingerprint density at radius 2 is 1.81 bits per heavy atom. The van der Waals surface area contributed by atoms with Crippen molar-refractivity contribution in [2.24, 2.45) is 0 Å². The molecule has 0 atom stereocenters. The predicted molar refractivity (Wildman–Crippen MR) is 78.2 cm³/mol. The van der Waals surface area contributed by atoms with Crippen LogP contribution in [0.25, 0.3) is 0 Å². The molecule has 0 bridgehead atoms. The first kappa shape index (κ1) is 17.0. The number of nitrogens with one attached hydrogen (secondary N) is 1. The molecule has 6 heteroatoms. The van der Waals surface area contributed by atoms with Gasteiger partial charge in [-0.2, -0.15) is 0 Å². The van der Waals surface area contributed by atoms with Crippen molar-refractivity contribution < 1.29 is 19.1 Å². The Morgan fingerprint density at radius 3 is 2.33 bits per heavy atom. The third kappa shape index (κ3) is 7.31. The fourth-order valence-electron chi connectivity index (χ4n) is 1.59. The normalized spacial score (nSPS) is 11.1. The van der Waals surface area contributed by atoms with E-state index in [0.717, 1.165) is 5.56 Å². The van der Waals surface area contributed by atoms with E-state index in [4.69, 9.17) is 4.74 Å². The number of carbonyl (C=O) groups excluding carboxylic acids is 2. The first-order valence-corrected chi connectivity index (χ1v) is 6.65. The molecule has 0 radical (unpaired) electrons. The average molecular weight is 294 g/mol. The highest BCUT2D eigenvalue weighted by Crippen LogP contribution is 2.08. The number of amides is 1. The van der Waals surface area contributed by atoms with Crippen molar-refractivity contribution >= 4 is 12.1 Å². The highest BCUT2D eigenvalue weighted by atomic mass is 16.6. The fourth-order valence-corrected chi connectivity index (χ4v) is 1.59. The highest BCUT2D eigenvalue weighted by molar-refractivity contribution is 5.72. The maximum atomic E-state index is 11.8. The maximum Gasteiger partial charge on any atom is 0.422 e. The number of esters is 1. The maximum absolute atomic E-state index is 11.8. The van der Waals surface area contributed by atoms with Gasteiger partial charge in [0.05, 0.1) is 7.11 Å². The molecule has 1 aromatic rings. The molecule has 6 nitrogen and oxygen atoms in total. The number of carbonyl (C=O) groups is 2. The molecule has 1 amide bonds. The molecule has 116 valence electrons. The number of benzene rings is 1. The molecule has 0 heterocycles. The molecule has 0 saturated carbocycles. The van der Waals surface area contributed by atoms with Gasteiger partial charge in [0.2, 0.25) is 0 Å². The Balaban J connectivity index is 2.68. The quantitative estimate of drug-likeness (QED) is 0.665. The second-order valence-corrected chi connectivity index (χ2v) is 5.53. The molecular weight excluding hydrogens is 272 g/mol. The van der Waals surface area contributed by atoms with E-state index in [1.54, 1.807) is 20.8 Å². The summed E-state index contributed by atoms with van der Waals surface area (Å²) in [5.74, 6) is -0.443. The topological polar surface area (TPSA) is 67.9 Å². The van der Waals surface area contributed by atoms with Crippen molar-refractivity contribution in [3.8, 4) is 0 Å². The molecule has 0 fully saturated rings. The van der Waals surface area contributed by atoms with E-state index in [-0.39, 0.29) is 6.54 Å². The fraction of sp³-hybridized carbons (Fsp3) is 0.467. The molecule has 0 aromatic heterocycles. The van der Waals surface area contributed by atoms with Gasteiger partial charge in [-0.3, -0.25) is 10.2 Å². The summed E-state index contributed by atoms with van der Waals surface area (Å²) in [6.07, 6.45) is -0.609. The van der Waals surface area contributed by atoms with Crippen molar-refractivity contribution in [2.75, 3.05) is 13.7 Å². The van der Waals surface area contributed by atoms with Crippen LogP contribution in [0.2, 0.25) is 0 Å². The summed E-state index contributed by atoms with van der Waals surface area (Å²) in [6, 6.07) is 9.48. The van der Waals surface area contributed by atoms with Crippen molar-refractivity contribution in [1.82, 2.24) is 10.4 Å². The van der Waals surface area contributed by atoms with Gasteiger partial charge >= 0.3 is 12.1 Å². The van der Waals surface area contributed by atoms with Crippen LogP contribution in [-0.4, -0.2) is 36.3 Å². The number of hydrazine groups is 1. The first-order valence-electron chi connectivity index (χ1n) is 6.65. The third-order valence-corrected chi connectivity index (χ3v) is 2.41. The number of methoxy groups -OCH3 is 1. The molecular formula is C15H22N2O4. The molecule has 0 aliphatic carbocycles. The molecule has 1 N–H and O–H groups in total. The number of nitrogens with zero attached hydrogens (tertiary/aromatic N) is 1. The largest absolute Gasteiger partial charge is 0.468 e. The Morgan fingerprint density at radius 1 is 1.19 bits per heavy atom. The van der Waals surface area contributed by atoms with E-state index in [1.807, 2.05) is 30.3 Å². The molecule has 0 saturated heterocycles. The van der Waals surface area contributed by atoms with Gasteiger partial charge in [-0.05, 0) is 26.3 Å². The molecule has 1 rings (SSSR count). The monoisotopic (exact) mass is 294 g/mol. The minimum absolute atomic E-state index is 0.0648. The first-order chi connectivity index (χ1) is 9.80. The lowest BCUT2D eigenvalue weighted by Crippen LogP contribution is -2.46. The van der Waals surface area contributed by atoms with Crippen LogP contribution in [0.4, 0.5) is 4.79 Å². The van der Waals surface area contributed by atoms with Gasteiger partial charge in [0.1, 0.15) is 12.1 Å². The smallest absolute Gasteiger partial charge is 0.422 e. The van der Waals surface area contributed by atoms with Crippen molar-refractivity contribution in [3.63, 3.8) is 0 Å². The number of hydrogen-bond donors (Lipinski definition) is 1. The highest BCUT2D eigenvalue weighted by Gasteiger charge is 2.20. The van der Waals surface area contributed by atoms with E-state index in [9.17, 15) is 9.59 Å². The van der Waals surface area contributed by atoms with E-state index >= 15 is 0 Å². The number of rotatable bonds is 5. The van der Waals surface area contributed by atoms with Crippen LogP contribution in [0.15, 0.2) is 30.3 Å². The SMILES string of the molecule is COC(=O)CN(Cc1ccccc1)NC(=O)OC(C)(C)C. The van der Waals surface area contributed by atoms with E-state index in [1.165, 1.54) is 12.1 Å². The predicted octanol–water partition coefficient (Wildman–Crippen LogP) is 2.10. The van der Waals surface area contributed by atoms with Crippen LogP contribution < -0.4 is 5.43 Å². The zero-order valence-corrected chi connectivity index (χ0v) is 12.9. The average Bonchev–Trinajstić information content (AvgIpc) is 2.37. The minimum Gasteiger partial charge on any atom is -0.468 e. The van der Waals surface area contributed by atoms with Crippen molar-refractivity contribution in [1.29, 1.82) is 0 Å². The Hall–Kier alpha value is -2.08. The summed E-state index contributed by atoms with van der Waals surface area (Å²) < 4.78 is 9.81. The summed E-state index contributed by atoms with van der Waals surface area (Å²) in [5.41, 5.74) is 2.91. The van der Waals surface area contributed by atoms with Crippen LogP contribution in [-0.2, 0) is 20.8 Å². The van der Waals surface area contributed by atoms with E-state index in [2.05, 4.69) is 10.2 Å². The van der Waals surface area contributed by atoms with Gasteiger partial charge in [-0.25, -0.2) is 9.80 Å².